The third-order valence-electron chi connectivity index (χ3n) is 3.22. The fourth-order valence-corrected chi connectivity index (χ4v) is 2.12. The number of hydrogen-bond donors (Lipinski definition) is 2. The second kappa shape index (κ2) is 13.7. The Hall–Kier alpha value is -3.37. The van der Waals surface area contributed by atoms with E-state index >= 15 is 0 Å². The number of imidazole rings is 1. The van der Waals surface area contributed by atoms with Gasteiger partial charge in [0.1, 0.15) is 12.1 Å². The minimum Gasteiger partial charge on any atom is -0.350 e. The van der Waals surface area contributed by atoms with Gasteiger partial charge in [-0.25, -0.2) is 9.97 Å². The highest BCUT2D eigenvalue weighted by Gasteiger charge is 2.05. The average molecular weight is 427 g/mol. The molecule has 0 saturated heterocycles. The number of anilines is 1. The third-order valence-corrected chi connectivity index (χ3v) is 3.47. The molecule has 30 heavy (non-hydrogen) atoms. The summed E-state index contributed by atoms with van der Waals surface area (Å²) in [5, 5.41) is 6.39. The lowest BCUT2D eigenvalue weighted by molar-refractivity contribution is -0.119. The Morgan fingerprint density at radius 3 is 2.40 bits per heavy atom. The Labute approximate surface area is 182 Å². The molecular formula is C22H27ClN6O. The number of nitrogens with one attached hydrogen (secondary N) is 2. The summed E-state index contributed by atoms with van der Waals surface area (Å²) in [4.78, 5) is 24.3. The lowest BCUT2D eigenvalue weighted by Gasteiger charge is -2.08. The number of benzene rings is 1. The average Bonchev–Trinajstić information content (AvgIpc) is 3.28. The number of carbonyl (C=O) groups is 1. The van der Waals surface area contributed by atoms with Crippen molar-refractivity contribution in [3.8, 4) is 18.7 Å². The van der Waals surface area contributed by atoms with Crippen molar-refractivity contribution in [1.29, 1.82) is 0 Å². The minimum absolute atomic E-state index is 0.0843. The fraction of sp³-hybridized carbons (Fsp3) is 0.273. The zero-order chi connectivity index (χ0) is 22.4. The van der Waals surface area contributed by atoms with Crippen LogP contribution in [-0.4, -0.2) is 32.0 Å². The van der Waals surface area contributed by atoms with Crippen LogP contribution in [0.5, 0.6) is 0 Å². The van der Waals surface area contributed by atoms with E-state index in [0.717, 1.165) is 11.5 Å². The predicted molar refractivity (Wildman–Crippen MR) is 121 cm³/mol. The zero-order valence-corrected chi connectivity index (χ0v) is 18.2. The van der Waals surface area contributed by atoms with Gasteiger partial charge >= 0.3 is 0 Å². The molecular weight excluding hydrogens is 400 g/mol. The SMILES string of the molecule is C#C.CC(C)C.O=C(CNc1nccc(-n2ccnc2)n1)NCc1ccc(Cl)cc1. The second-order valence-electron chi connectivity index (χ2n) is 6.70. The van der Waals surface area contributed by atoms with E-state index in [0.29, 0.717) is 23.3 Å². The number of aromatic nitrogens is 4. The van der Waals surface area contributed by atoms with Gasteiger partial charge in [-0.05, 0) is 29.7 Å². The molecule has 0 atom stereocenters. The van der Waals surface area contributed by atoms with Gasteiger partial charge in [0.05, 0.1) is 6.54 Å². The summed E-state index contributed by atoms with van der Waals surface area (Å²) < 4.78 is 1.76. The summed E-state index contributed by atoms with van der Waals surface area (Å²) in [6, 6.07) is 9.07. The molecule has 0 spiro atoms. The molecule has 7 nitrogen and oxygen atoms in total. The van der Waals surface area contributed by atoms with Crippen molar-refractivity contribution in [2.75, 3.05) is 11.9 Å². The Kier molecular flexibility index (Phi) is 11.3. The van der Waals surface area contributed by atoms with Crippen LogP contribution in [0.3, 0.4) is 0 Å². The Morgan fingerprint density at radius 2 is 1.80 bits per heavy atom. The van der Waals surface area contributed by atoms with E-state index in [9.17, 15) is 4.79 Å². The quantitative estimate of drug-likeness (QED) is 0.583. The number of terminal acetylenes is 1. The van der Waals surface area contributed by atoms with Crippen LogP contribution in [0.2, 0.25) is 5.02 Å². The van der Waals surface area contributed by atoms with E-state index in [1.165, 1.54) is 0 Å². The molecule has 0 saturated carbocycles. The first kappa shape index (κ1) is 24.7. The second-order valence-corrected chi connectivity index (χ2v) is 7.13. The molecule has 3 rings (SSSR count). The molecule has 1 aromatic carbocycles. The summed E-state index contributed by atoms with van der Waals surface area (Å²) in [6.45, 7) is 7.02. The Bertz CT molecular complexity index is 889. The maximum absolute atomic E-state index is 11.9. The van der Waals surface area contributed by atoms with Gasteiger partial charge in [-0.1, -0.05) is 44.5 Å². The third kappa shape index (κ3) is 9.71. The summed E-state index contributed by atoms with van der Waals surface area (Å²) in [5.41, 5.74) is 0.978. The number of halogens is 1. The molecule has 3 aromatic rings. The Balaban J connectivity index is 0.000000673. The highest BCUT2D eigenvalue weighted by atomic mass is 35.5. The highest BCUT2D eigenvalue weighted by Crippen LogP contribution is 2.09. The van der Waals surface area contributed by atoms with Crippen molar-refractivity contribution >= 4 is 23.5 Å². The molecule has 0 radical (unpaired) electrons. The topological polar surface area (TPSA) is 84.7 Å². The van der Waals surface area contributed by atoms with Gasteiger partial charge < -0.3 is 10.6 Å². The van der Waals surface area contributed by atoms with Crippen molar-refractivity contribution < 1.29 is 4.79 Å². The summed E-state index contributed by atoms with van der Waals surface area (Å²) in [6.07, 6.45) is 14.7. The van der Waals surface area contributed by atoms with Gasteiger partial charge in [-0.3, -0.25) is 9.36 Å². The first-order valence-corrected chi connectivity index (χ1v) is 9.71. The summed E-state index contributed by atoms with van der Waals surface area (Å²) in [5.74, 6) is 1.73. The lowest BCUT2D eigenvalue weighted by atomic mass is 10.2. The largest absolute Gasteiger partial charge is 0.350 e. The van der Waals surface area contributed by atoms with Crippen molar-refractivity contribution in [3.63, 3.8) is 0 Å². The zero-order valence-electron chi connectivity index (χ0n) is 17.4. The van der Waals surface area contributed by atoms with Crippen molar-refractivity contribution in [1.82, 2.24) is 24.8 Å². The van der Waals surface area contributed by atoms with Crippen LogP contribution >= 0.6 is 11.6 Å². The van der Waals surface area contributed by atoms with Crippen LogP contribution in [-0.2, 0) is 11.3 Å². The minimum atomic E-state index is -0.151. The molecule has 0 aliphatic carbocycles. The van der Waals surface area contributed by atoms with Crippen molar-refractivity contribution in [2.24, 2.45) is 5.92 Å². The molecule has 0 aliphatic rings. The van der Waals surface area contributed by atoms with E-state index in [4.69, 9.17) is 11.6 Å². The number of nitrogens with zero attached hydrogens (tertiary/aromatic N) is 4. The van der Waals surface area contributed by atoms with E-state index in [2.05, 4.69) is 59.2 Å². The molecule has 0 bridgehead atoms. The molecule has 2 aromatic heterocycles. The van der Waals surface area contributed by atoms with Crippen molar-refractivity contribution in [2.45, 2.75) is 27.3 Å². The molecule has 158 valence electrons. The molecule has 8 heteroatoms. The van der Waals surface area contributed by atoms with Crippen LogP contribution in [0.4, 0.5) is 5.95 Å². The first-order valence-electron chi connectivity index (χ1n) is 9.33. The standard InChI is InChI=1S/C16H15ClN6O.C4H10.C2H2/c17-13-3-1-12(2-4-13)9-20-15(24)10-21-16-19-6-5-14(22-16)23-8-7-18-11-23;1-4(2)3;1-2/h1-8,11H,9-10H2,(H,20,24)(H,19,21,22);4H,1-3H3;1-2H. The molecule has 2 N–H and O–H groups in total. The number of rotatable bonds is 6. The predicted octanol–water partition coefficient (Wildman–Crippen LogP) is 3.96. The van der Waals surface area contributed by atoms with Gasteiger partial charge in [0, 0.05) is 30.2 Å². The first-order chi connectivity index (χ1) is 14.4. The molecule has 2 heterocycles. The monoisotopic (exact) mass is 426 g/mol. The van der Waals surface area contributed by atoms with Crippen LogP contribution in [0.15, 0.2) is 55.2 Å². The van der Waals surface area contributed by atoms with Crippen LogP contribution in [0.1, 0.15) is 26.3 Å². The molecule has 0 fully saturated rings. The molecule has 0 unspecified atom stereocenters. The van der Waals surface area contributed by atoms with Gasteiger partial charge in [-0.15, -0.1) is 12.8 Å². The van der Waals surface area contributed by atoms with E-state index in [-0.39, 0.29) is 12.5 Å². The van der Waals surface area contributed by atoms with Crippen molar-refractivity contribution in [3.05, 3.63) is 65.8 Å². The van der Waals surface area contributed by atoms with E-state index in [1.54, 1.807) is 47.7 Å². The highest BCUT2D eigenvalue weighted by molar-refractivity contribution is 6.30. The van der Waals surface area contributed by atoms with Crippen LogP contribution in [0.25, 0.3) is 5.82 Å². The van der Waals surface area contributed by atoms with Gasteiger partial charge in [0.15, 0.2) is 0 Å². The maximum atomic E-state index is 11.9. The molecule has 0 aliphatic heterocycles. The van der Waals surface area contributed by atoms with Gasteiger partial charge in [-0.2, -0.15) is 4.98 Å². The van der Waals surface area contributed by atoms with Gasteiger partial charge in [0.2, 0.25) is 11.9 Å². The number of amides is 1. The fourth-order valence-electron chi connectivity index (χ4n) is 2.00. The summed E-state index contributed by atoms with van der Waals surface area (Å²) in [7, 11) is 0. The maximum Gasteiger partial charge on any atom is 0.239 e. The normalized spacial score (nSPS) is 9.57. The van der Waals surface area contributed by atoms with E-state index in [1.807, 2.05) is 12.1 Å². The lowest BCUT2D eigenvalue weighted by Crippen LogP contribution is -2.29. The van der Waals surface area contributed by atoms with E-state index < -0.39 is 0 Å². The smallest absolute Gasteiger partial charge is 0.239 e. The van der Waals surface area contributed by atoms with Crippen LogP contribution in [0, 0.1) is 18.8 Å². The number of carbonyl (C=O) groups excluding carboxylic acids is 1. The summed E-state index contributed by atoms with van der Waals surface area (Å²) >= 11 is 5.82. The molecule has 1 amide bonds. The number of hydrogen-bond acceptors (Lipinski definition) is 5. The van der Waals surface area contributed by atoms with Gasteiger partial charge in [0.25, 0.3) is 0 Å². The van der Waals surface area contributed by atoms with Crippen LogP contribution < -0.4 is 10.6 Å². The Morgan fingerprint density at radius 1 is 1.13 bits per heavy atom.